The Morgan fingerprint density at radius 1 is 1.42 bits per heavy atom. The van der Waals surface area contributed by atoms with Gasteiger partial charge in [-0.2, -0.15) is 0 Å². The quantitative estimate of drug-likeness (QED) is 0.860. The number of nitrogens with one attached hydrogen (secondary N) is 2. The van der Waals surface area contributed by atoms with Crippen LogP contribution in [0.15, 0.2) is 22.6 Å². The van der Waals surface area contributed by atoms with Gasteiger partial charge in [0.2, 0.25) is 5.91 Å². The van der Waals surface area contributed by atoms with Gasteiger partial charge in [-0.05, 0) is 17.7 Å². The molecule has 2 N–H and O–H groups in total. The Kier molecular flexibility index (Phi) is 4.16. The third kappa shape index (κ3) is 3.79. The lowest BCUT2D eigenvalue weighted by Crippen LogP contribution is -2.36. The van der Waals surface area contributed by atoms with E-state index in [1.165, 1.54) is 0 Å². The van der Waals surface area contributed by atoms with Crippen LogP contribution in [-0.2, 0) is 11.3 Å². The Bertz CT molecular complexity index is 575. The van der Waals surface area contributed by atoms with Gasteiger partial charge < -0.3 is 15.1 Å². The molecule has 0 bridgehead atoms. The van der Waals surface area contributed by atoms with Crippen LogP contribution in [0, 0.1) is 6.92 Å². The van der Waals surface area contributed by atoms with Crippen LogP contribution in [-0.4, -0.2) is 23.5 Å². The summed E-state index contributed by atoms with van der Waals surface area (Å²) in [4.78, 5) is 15.8. The van der Waals surface area contributed by atoms with Crippen LogP contribution in [0.1, 0.15) is 25.3 Å². The topological polar surface area (TPSA) is 67.2 Å². The van der Waals surface area contributed by atoms with E-state index in [1.807, 2.05) is 39.0 Å². The lowest BCUT2D eigenvalue weighted by Gasteiger charge is -2.08. The van der Waals surface area contributed by atoms with Crippen LogP contribution in [0.5, 0.6) is 0 Å². The zero-order chi connectivity index (χ0) is 13.8. The van der Waals surface area contributed by atoms with Gasteiger partial charge in [-0.25, -0.2) is 4.98 Å². The number of aryl methyl sites for hydroxylation is 1. The second kappa shape index (κ2) is 5.84. The molecule has 0 fully saturated rings. The summed E-state index contributed by atoms with van der Waals surface area (Å²) >= 11 is 0. The summed E-state index contributed by atoms with van der Waals surface area (Å²) in [5, 5.41) is 5.94. The molecule has 0 saturated heterocycles. The van der Waals surface area contributed by atoms with E-state index >= 15 is 0 Å². The zero-order valence-corrected chi connectivity index (χ0v) is 11.5. The van der Waals surface area contributed by atoms with Crippen LogP contribution in [0.3, 0.4) is 0 Å². The first-order valence-electron chi connectivity index (χ1n) is 6.41. The highest BCUT2D eigenvalue weighted by Gasteiger charge is 2.05. The van der Waals surface area contributed by atoms with Crippen molar-refractivity contribution in [3.05, 3.63) is 29.7 Å². The molecule has 0 radical (unpaired) electrons. The number of hydrogen-bond acceptors (Lipinski definition) is 4. The van der Waals surface area contributed by atoms with Crippen molar-refractivity contribution >= 4 is 17.0 Å². The first-order valence-corrected chi connectivity index (χ1v) is 6.41. The summed E-state index contributed by atoms with van der Waals surface area (Å²) in [6, 6.07) is 6.06. The number of amides is 1. The highest BCUT2D eigenvalue weighted by atomic mass is 16.3. The average molecular weight is 261 g/mol. The second-order valence-electron chi connectivity index (χ2n) is 4.85. The Morgan fingerprint density at radius 3 is 2.95 bits per heavy atom. The van der Waals surface area contributed by atoms with Crippen LogP contribution >= 0.6 is 0 Å². The molecular weight excluding hydrogens is 242 g/mol. The fourth-order valence-electron chi connectivity index (χ4n) is 1.75. The van der Waals surface area contributed by atoms with E-state index in [0.717, 1.165) is 16.7 Å². The number of carbonyl (C=O) groups is 1. The second-order valence-corrected chi connectivity index (χ2v) is 4.85. The summed E-state index contributed by atoms with van der Waals surface area (Å²) in [5.74, 6) is 0.639. The highest BCUT2D eigenvalue weighted by Crippen LogP contribution is 2.16. The van der Waals surface area contributed by atoms with Crippen LogP contribution < -0.4 is 10.6 Å². The molecule has 0 aliphatic carbocycles. The summed E-state index contributed by atoms with van der Waals surface area (Å²) < 4.78 is 5.46. The molecule has 1 aromatic heterocycles. The maximum Gasteiger partial charge on any atom is 0.234 e. The van der Waals surface area contributed by atoms with Gasteiger partial charge in [0.15, 0.2) is 11.5 Å². The minimum Gasteiger partial charge on any atom is -0.441 e. The maximum absolute atomic E-state index is 11.6. The molecule has 5 nitrogen and oxygen atoms in total. The molecule has 1 heterocycles. The number of hydrogen-bond donors (Lipinski definition) is 2. The summed E-state index contributed by atoms with van der Waals surface area (Å²) in [5.41, 5.74) is 2.60. The normalized spacial score (nSPS) is 11.2. The van der Waals surface area contributed by atoms with E-state index in [4.69, 9.17) is 4.42 Å². The molecule has 0 spiro atoms. The molecule has 1 aromatic carbocycles. The molecule has 2 aromatic rings. The van der Waals surface area contributed by atoms with Gasteiger partial charge in [-0.3, -0.25) is 4.79 Å². The van der Waals surface area contributed by atoms with Crippen molar-refractivity contribution in [1.82, 2.24) is 15.6 Å². The standard InChI is InChI=1S/C14H19N3O2/c1-9(2)15-8-14(18)16-7-11-4-5-12-13(6-11)19-10(3)17-12/h4-6,9,15H,7-8H2,1-3H3,(H,16,18). The lowest BCUT2D eigenvalue weighted by atomic mass is 10.2. The van der Waals surface area contributed by atoms with E-state index in [0.29, 0.717) is 25.0 Å². The Morgan fingerprint density at radius 2 is 2.21 bits per heavy atom. The van der Waals surface area contributed by atoms with Gasteiger partial charge in [0.1, 0.15) is 5.52 Å². The van der Waals surface area contributed by atoms with Gasteiger partial charge in [0, 0.05) is 19.5 Å². The maximum atomic E-state index is 11.6. The Balaban J connectivity index is 1.92. The van der Waals surface area contributed by atoms with Gasteiger partial charge in [-0.1, -0.05) is 19.9 Å². The van der Waals surface area contributed by atoms with Gasteiger partial charge in [-0.15, -0.1) is 0 Å². The monoisotopic (exact) mass is 261 g/mol. The molecule has 0 atom stereocenters. The van der Waals surface area contributed by atoms with Crippen molar-refractivity contribution in [3.8, 4) is 0 Å². The molecule has 19 heavy (non-hydrogen) atoms. The minimum atomic E-state index is -0.0115. The Hall–Kier alpha value is -1.88. The number of fused-ring (bicyclic) bond motifs is 1. The molecule has 0 saturated carbocycles. The number of nitrogens with zero attached hydrogens (tertiary/aromatic N) is 1. The molecule has 0 unspecified atom stereocenters. The predicted molar refractivity (Wildman–Crippen MR) is 73.7 cm³/mol. The number of aromatic nitrogens is 1. The first-order chi connectivity index (χ1) is 9.04. The number of oxazole rings is 1. The Labute approximate surface area is 112 Å². The van der Waals surface area contributed by atoms with Crippen molar-refractivity contribution in [2.45, 2.75) is 33.4 Å². The predicted octanol–water partition coefficient (Wildman–Crippen LogP) is 1.75. The third-order valence-corrected chi connectivity index (χ3v) is 2.72. The molecular formula is C14H19N3O2. The fraction of sp³-hybridized carbons (Fsp3) is 0.429. The smallest absolute Gasteiger partial charge is 0.234 e. The van der Waals surface area contributed by atoms with Crippen molar-refractivity contribution in [2.24, 2.45) is 0 Å². The van der Waals surface area contributed by atoms with E-state index in [1.54, 1.807) is 0 Å². The number of rotatable bonds is 5. The van der Waals surface area contributed by atoms with Crippen molar-refractivity contribution in [2.75, 3.05) is 6.54 Å². The first kappa shape index (κ1) is 13.5. The van der Waals surface area contributed by atoms with E-state index < -0.39 is 0 Å². The molecule has 5 heteroatoms. The van der Waals surface area contributed by atoms with Crippen LogP contribution in [0.25, 0.3) is 11.1 Å². The largest absolute Gasteiger partial charge is 0.441 e. The average Bonchev–Trinajstić information content (AvgIpc) is 2.73. The molecule has 0 aliphatic heterocycles. The van der Waals surface area contributed by atoms with Crippen molar-refractivity contribution in [3.63, 3.8) is 0 Å². The van der Waals surface area contributed by atoms with E-state index in [2.05, 4.69) is 15.6 Å². The summed E-state index contributed by atoms with van der Waals surface area (Å²) in [6.07, 6.45) is 0. The summed E-state index contributed by atoms with van der Waals surface area (Å²) in [6.45, 7) is 6.66. The third-order valence-electron chi connectivity index (χ3n) is 2.72. The van der Waals surface area contributed by atoms with Crippen molar-refractivity contribution < 1.29 is 9.21 Å². The van der Waals surface area contributed by atoms with Crippen LogP contribution in [0.2, 0.25) is 0 Å². The SMILES string of the molecule is Cc1nc2ccc(CNC(=O)CNC(C)C)cc2o1. The zero-order valence-electron chi connectivity index (χ0n) is 11.5. The van der Waals surface area contributed by atoms with Gasteiger partial charge >= 0.3 is 0 Å². The van der Waals surface area contributed by atoms with Crippen molar-refractivity contribution in [1.29, 1.82) is 0 Å². The number of carbonyl (C=O) groups excluding carboxylic acids is 1. The highest BCUT2D eigenvalue weighted by molar-refractivity contribution is 5.78. The molecule has 102 valence electrons. The van der Waals surface area contributed by atoms with Gasteiger partial charge in [0.25, 0.3) is 0 Å². The van der Waals surface area contributed by atoms with Crippen LogP contribution in [0.4, 0.5) is 0 Å². The van der Waals surface area contributed by atoms with E-state index in [9.17, 15) is 4.79 Å². The summed E-state index contributed by atoms with van der Waals surface area (Å²) in [7, 11) is 0. The molecule has 2 rings (SSSR count). The van der Waals surface area contributed by atoms with E-state index in [-0.39, 0.29) is 5.91 Å². The van der Waals surface area contributed by atoms with Gasteiger partial charge in [0.05, 0.1) is 6.54 Å². The molecule has 0 aliphatic rings. The fourth-order valence-corrected chi connectivity index (χ4v) is 1.75. The molecule has 1 amide bonds. The lowest BCUT2D eigenvalue weighted by molar-refractivity contribution is -0.120. The minimum absolute atomic E-state index is 0.0115. The number of benzene rings is 1.